The first kappa shape index (κ1) is 24.3. The average Bonchev–Trinajstić information content (AvgIpc) is 3.24. The summed E-state index contributed by atoms with van der Waals surface area (Å²) in [5, 5.41) is 13.7. The molecule has 34 heavy (non-hydrogen) atoms. The van der Waals surface area contributed by atoms with E-state index in [1.807, 2.05) is 48.7 Å². The fourth-order valence-electron chi connectivity index (χ4n) is 3.60. The van der Waals surface area contributed by atoms with E-state index in [9.17, 15) is 4.79 Å². The van der Waals surface area contributed by atoms with Crippen LogP contribution in [0.15, 0.2) is 71.9 Å². The molecular formula is C26H24Cl2N4OS. The van der Waals surface area contributed by atoms with Crippen molar-refractivity contribution in [2.45, 2.75) is 37.7 Å². The smallest absolute Gasteiger partial charge is 0.253 e. The Bertz CT molecular complexity index is 1340. The molecule has 1 unspecified atom stereocenters. The second-order valence-electron chi connectivity index (χ2n) is 8.00. The van der Waals surface area contributed by atoms with E-state index in [4.69, 9.17) is 23.2 Å². The van der Waals surface area contributed by atoms with Crippen molar-refractivity contribution in [3.8, 4) is 5.69 Å². The lowest BCUT2D eigenvalue weighted by Crippen LogP contribution is -2.29. The van der Waals surface area contributed by atoms with Crippen LogP contribution in [0, 0.1) is 13.8 Å². The molecule has 1 amide bonds. The monoisotopic (exact) mass is 510 g/mol. The fraction of sp³-hybridized carbons (Fsp3) is 0.192. The molecule has 4 rings (SSSR count). The van der Waals surface area contributed by atoms with Crippen molar-refractivity contribution in [3.05, 3.63) is 105 Å². The van der Waals surface area contributed by atoms with Crippen LogP contribution in [0.25, 0.3) is 5.69 Å². The first-order chi connectivity index (χ1) is 16.3. The number of benzene rings is 3. The summed E-state index contributed by atoms with van der Waals surface area (Å²) in [4.78, 5) is 12.9. The van der Waals surface area contributed by atoms with E-state index in [0.29, 0.717) is 21.4 Å². The minimum Gasteiger partial charge on any atom is -0.342 e. The minimum atomic E-state index is -0.428. The molecule has 8 heteroatoms. The molecule has 1 N–H and O–H groups in total. The van der Waals surface area contributed by atoms with Crippen molar-refractivity contribution in [2.75, 3.05) is 0 Å². The molecule has 174 valence electrons. The van der Waals surface area contributed by atoms with Gasteiger partial charge in [0.25, 0.3) is 5.91 Å². The second-order valence-corrected chi connectivity index (χ2v) is 9.78. The molecule has 0 aliphatic carbocycles. The van der Waals surface area contributed by atoms with Crippen molar-refractivity contribution < 1.29 is 4.79 Å². The number of aromatic nitrogens is 3. The Balaban J connectivity index is 1.69. The van der Waals surface area contributed by atoms with Crippen LogP contribution in [0.3, 0.4) is 0 Å². The number of amides is 1. The van der Waals surface area contributed by atoms with Gasteiger partial charge in [-0.05, 0) is 61.7 Å². The van der Waals surface area contributed by atoms with Gasteiger partial charge < -0.3 is 5.32 Å². The molecule has 0 saturated heterocycles. The maximum absolute atomic E-state index is 12.9. The lowest BCUT2D eigenvalue weighted by molar-refractivity contribution is 0.0938. The summed E-state index contributed by atoms with van der Waals surface area (Å²) in [6, 6.07) is 20.5. The molecule has 1 atom stereocenters. The normalized spacial score (nSPS) is 11.9. The van der Waals surface area contributed by atoms with Crippen LogP contribution >= 0.6 is 35.0 Å². The average molecular weight is 511 g/mol. The van der Waals surface area contributed by atoms with Crippen LogP contribution in [-0.2, 0) is 5.75 Å². The number of halogens is 2. The van der Waals surface area contributed by atoms with Crippen LogP contribution in [0.4, 0.5) is 0 Å². The van der Waals surface area contributed by atoms with Gasteiger partial charge in [0.2, 0.25) is 0 Å². The van der Waals surface area contributed by atoms with Crippen LogP contribution < -0.4 is 5.32 Å². The van der Waals surface area contributed by atoms with Gasteiger partial charge in [0.1, 0.15) is 0 Å². The highest BCUT2D eigenvalue weighted by Gasteiger charge is 2.23. The summed E-state index contributed by atoms with van der Waals surface area (Å²) in [6.45, 7) is 5.99. The van der Waals surface area contributed by atoms with Gasteiger partial charge in [-0.2, -0.15) is 0 Å². The zero-order valence-electron chi connectivity index (χ0n) is 19.0. The zero-order chi connectivity index (χ0) is 24.2. The summed E-state index contributed by atoms with van der Waals surface area (Å²) in [7, 11) is 0. The highest BCUT2D eigenvalue weighted by Crippen LogP contribution is 2.31. The minimum absolute atomic E-state index is 0.274. The van der Waals surface area contributed by atoms with E-state index in [0.717, 1.165) is 22.2 Å². The third-order valence-corrected chi connectivity index (χ3v) is 7.08. The summed E-state index contributed by atoms with van der Waals surface area (Å²) in [5.74, 6) is 1.08. The van der Waals surface area contributed by atoms with E-state index in [1.165, 1.54) is 11.1 Å². The first-order valence-electron chi connectivity index (χ1n) is 10.8. The molecule has 5 nitrogen and oxygen atoms in total. The van der Waals surface area contributed by atoms with Crippen LogP contribution in [0.5, 0.6) is 0 Å². The van der Waals surface area contributed by atoms with Crippen molar-refractivity contribution in [1.82, 2.24) is 20.1 Å². The Morgan fingerprint density at radius 1 is 1.00 bits per heavy atom. The predicted molar refractivity (Wildman–Crippen MR) is 139 cm³/mol. The molecule has 0 aliphatic heterocycles. The number of hydrogen-bond donors (Lipinski definition) is 1. The Hall–Kier alpha value is -2.80. The quantitative estimate of drug-likeness (QED) is 0.272. The Kier molecular flexibility index (Phi) is 7.61. The first-order valence-corrected chi connectivity index (χ1v) is 12.5. The van der Waals surface area contributed by atoms with E-state index in [1.54, 1.807) is 36.0 Å². The number of hydrogen-bond acceptors (Lipinski definition) is 4. The molecular weight excluding hydrogens is 487 g/mol. The third-order valence-electron chi connectivity index (χ3n) is 5.54. The highest BCUT2D eigenvalue weighted by molar-refractivity contribution is 7.98. The van der Waals surface area contributed by atoms with Crippen molar-refractivity contribution in [3.63, 3.8) is 0 Å². The molecule has 1 aromatic heterocycles. The molecule has 1 heterocycles. The largest absolute Gasteiger partial charge is 0.342 e. The number of aryl methyl sites for hydroxylation is 2. The number of rotatable bonds is 7. The standard InChI is InChI=1S/C26H24Cl2N4OS/c1-16-8-4-5-9-19(16)15-34-26-31-30-24(32(26)23-14-20(27)13-12-17(23)2)18(3)29-25(33)21-10-6-7-11-22(21)28/h4-14,18H,15H2,1-3H3,(H,29,33). The van der Waals surface area contributed by atoms with Crippen LogP contribution in [0.2, 0.25) is 10.0 Å². The van der Waals surface area contributed by atoms with Gasteiger partial charge in [-0.1, -0.05) is 77.4 Å². The topological polar surface area (TPSA) is 59.8 Å². The fourth-order valence-corrected chi connectivity index (χ4v) is 5.02. The predicted octanol–water partition coefficient (Wildman–Crippen LogP) is 6.97. The maximum atomic E-state index is 12.9. The van der Waals surface area contributed by atoms with E-state index in [2.05, 4.69) is 34.6 Å². The van der Waals surface area contributed by atoms with Gasteiger partial charge >= 0.3 is 0 Å². The molecule has 0 bridgehead atoms. The van der Waals surface area contributed by atoms with Gasteiger partial charge in [-0.15, -0.1) is 10.2 Å². The molecule has 0 saturated carbocycles. The Morgan fingerprint density at radius 3 is 2.50 bits per heavy atom. The van der Waals surface area contributed by atoms with Gasteiger partial charge in [0, 0.05) is 10.8 Å². The molecule has 0 fully saturated rings. The van der Waals surface area contributed by atoms with Crippen molar-refractivity contribution in [2.24, 2.45) is 0 Å². The third kappa shape index (κ3) is 5.30. The Morgan fingerprint density at radius 2 is 1.74 bits per heavy atom. The molecule has 0 spiro atoms. The summed E-state index contributed by atoms with van der Waals surface area (Å²) >= 11 is 14.2. The second kappa shape index (κ2) is 10.6. The number of carbonyl (C=O) groups is 1. The lowest BCUT2D eigenvalue weighted by Gasteiger charge is -2.18. The Labute approximate surface area is 213 Å². The number of thioether (sulfide) groups is 1. The van der Waals surface area contributed by atoms with Gasteiger partial charge in [-0.25, -0.2) is 0 Å². The van der Waals surface area contributed by atoms with Gasteiger partial charge in [0.05, 0.1) is 22.3 Å². The highest BCUT2D eigenvalue weighted by atomic mass is 35.5. The number of nitrogens with one attached hydrogen (secondary N) is 1. The van der Waals surface area contributed by atoms with E-state index in [-0.39, 0.29) is 5.91 Å². The van der Waals surface area contributed by atoms with Crippen LogP contribution in [-0.4, -0.2) is 20.7 Å². The van der Waals surface area contributed by atoms with E-state index < -0.39 is 6.04 Å². The van der Waals surface area contributed by atoms with E-state index >= 15 is 0 Å². The molecule has 0 radical (unpaired) electrons. The molecule has 3 aromatic carbocycles. The van der Waals surface area contributed by atoms with Gasteiger partial charge in [0.15, 0.2) is 11.0 Å². The maximum Gasteiger partial charge on any atom is 0.253 e. The van der Waals surface area contributed by atoms with Crippen LogP contribution in [0.1, 0.15) is 45.8 Å². The molecule has 4 aromatic rings. The van der Waals surface area contributed by atoms with Crippen molar-refractivity contribution in [1.29, 1.82) is 0 Å². The van der Waals surface area contributed by atoms with Crippen molar-refractivity contribution >= 4 is 40.9 Å². The number of nitrogens with zero attached hydrogens (tertiary/aromatic N) is 3. The number of carbonyl (C=O) groups excluding carboxylic acids is 1. The zero-order valence-corrected chi connectivity index (χ0v) is 21.4. The molecule has 0 aliphatic rings. The SMILES string of the molecule is Cc1ccccc1CSc1nnc(C(C)NC(=O)c2ccccc2Cl)n1-c1cc(Cl)ccc1C. The lowest BCUT2D eigenvalue weighted by atomic mass is 10.1. The summed E-state index contributed by atoms with van der Waals surface area (Å²) in [5.41, 5.74) is 4.76. The summed E-state index contributed by atoms with van der Waals surface area (Å²) < 4.78 is 1.97. The van der Waals surface area contributed by atoms with Gasteiger partial charge in [-0.3, -0.25) is 9.36 Å². The summed E-state index contributed by atoms with van der Waals surface area (Å²) in [6.07, 6.45) is 0.